The van der Waals surface area contributed by atoms with E-state index in [9.17, 15) is 14.7 Å². The van der Waals surface area contributed by atoms with Crippen molar-refractivity contribution in [3.8, 4) is 0 Å². The molecule has 0 saturated heterocycles. The van der Waals surface area contributed by atoms with Gasteiger partial charge in [-0.15, -0.1) is 0 Å². The molecule has 0 spiro atoms. The number of aliphatic hydroxyl groups excluding tert-OH is 1. The first-order chi connectivity index (χ1) is 23.5. The Labute approximate surface area is 294 Å². The average Bonchev–Trinajstić information content (AvgIpc) is 3.09. The zero-order chi connectivity index (χ0) is 36.2. The second-order valence-electron chi connectivity index (χ2n) is 12.2. The predicted octanol–water partition coefficient (Wildman–Crippen LogP) is 8.59. The van der Waals surface area contributed by atoms with Crippen LogP contribution >= 0.6 is 0 Å². The van der Waals surface area contributed by atoms with Gasteiger partial charge in [-0.25, -0.2) is 9.59 Å². The van der Waals surface area contributed by atoms with Gasteiger partial charge in [-0.05, 0) is 98.8 Å². The van der Waals surface area contributed by atoms with Gasteiger partial charge in [0.15, 0.2) is 0 Å². The van der Waals surface area contributed by atoms with Gasteiger partial charge in [0.2, 0.25) is 0 Å². The molecule has 49 heavy (non-hydrogen) atoms. The lowest BCUT2D eigenvalue weighted by molar-refractivity contribution is -0.140. The predicted molar refractivity (Wildman–Crippen MR) is 198 cm³/mol. The van der Waals surface area contributed by atoms with Crippen molar-refractivity contribution in [2.24, 2.45) is 0 Å². The average molecular weight is 673 g/mol. The highest BCUT2D eigenvalue weighted by Crippen LogP contribution is 2.30. The van der Waals surface area contributed by atoms with Crippen molar-refractivity contribution in [1.29, 1.82) is 0 Å². The van der Waals surface area contributed by atoms with Gasteiger partial charge >= 0.3 is 11.9 Å². The maximum Gasteiger partial charge on any atom is 0.333 e. The van der Waals surface area contributed by atoms with E-state index in [0.29, 0.717) is 35.5 Å². The van der Waals surface area contributed by atoms with Crippen LogP contribution in [0.15, 0.2) is 96.5 Å². The van der Waals surface area contributed by atoms with Crippen LogP contribution in [0.25, 0.3) is 5.57 Å². The lowest BCUT2D eigenvalue weighted by atomic mass is 9.93. The first-order valence-electron chi connectivity index (χ1n) is 17.3. The number of esters is 2. The van der Waals surface area contributed by atoms with E-state index in [1.54, 1.807) is 13.8 Å². The summed E-state index contributed by atoms with van der Waals surface area (Å²) in [6, 6.07) is 14.9. The second kappa shape index (κ2) is 22.3. The monoisotopic (exact) mass is 672 g/mol. The Kier molecular flexibility index (Phi) is 18.6. The third kappa shape index (κ3) is 14.7. The third-order valence-electron chi connectivity index (χ3n) is 7.96. The number of allylic oxidation sites excluding steroid dienone is 4. The maximum atomic E-state index is 12.0. The summed E-state index contributed by atoms with van der Waals surface area (Å²) >= 11 is 0. The van der Waals surface area contributed by atoms with E-state index in [4.69, 9.17) is 18.9 Å². The van der Waals surface area contributed by atoms with Crippen LogP contribution in [0.4, 0.5) is 0 Å². The molecule has 0 aromatic heterocycles. The molecule has 0 atom stereocenters. The van der Waals surface area contributed by atoms with Gasteiger partial charge in [0.05, 0.1) is 0 Å². The molecule has 0 aliphatic heterocycles. The van der Waals surface area contributed by atoms with E-state index in [2.05, 4.69) is 63.9 Å². The summed E-state index contributed by atoms with van der Waals surface area (Å²) in [5.74, 6) is 0.218. The summed E-state index contributed by atoms with van der Waals surface area (Å²) in [6.45, 7) is 21.5. The summed E-state index contributed by atoms with van der Waals surface area (Å²) < 4.78 is 22.9. The zero-order valence-corrected chi connectivity index (χ0v) is 30.3. The molecule has 7 heteroatoms. The molecule has 0 bridgehead atoms. The Morgan fingerprint density at radius 1 is 0.714 bits per heavy atom. The van der Waals surface area contributed by atoms with Crippen LogP contribution in [-0.2, 0) is 54.2 Å². The Morgan fingerprint density at radius 3 is 1.82 bits per heavy atom. The van der Waals surface area contributed by atoms with Crippen molar-refractivity contribution >= 4 is 17.5 Å². The Balaban J connectivity index is 2.45. The van der Waals surface area contributed by atoms with Crippen molar-refractivity contribution < 1.29 is 33.6 Å². The van der Waals surface area contributed by atoms with Crippen LogP contribution in [-0.4, -0.2) is 50.1 Å². The van der Waals surface area contributed by atoms with Gasteiger partial charge in [-0.3, -0.25) is 0 Å². The Morgan fingerprint density at radius 2 is 1.27 bits per heavy atom. The molecule has 0 radical (unpaired) electrons. The lowest BCUT2D eigenvalue weighted by Gasteiger charge is -2.19. The molecule has 0 saturated carbocycles. The minimum Gasteiger partial charge on any atom is -0.494 e. The summed E-state index contributed by atoms with van der Waals surface area (Å²) in [7, 11) is 0. The van der Waals surface area contributed by atoms with Crippen molar-refractivity contribution in [3.05, 3.63) is 124 Å². The minimum atomic E-state index is -0.473. The van der Waals surface area contributed by atoms with Crippen LogP contribution in [0, 0.1) is 0 Å². The number of carbonyl (C=O) groups is 2. The Bertz CT molecular complexity index is 1480. The highest BCUT2D eigenvalue weighted by molar-refractivity contribution is 5.87. The fourth-order valence-corrected chi connectivity index (χ4v) is 5.04. The summed E-state index contributed by atoms with van der Waals surface area (Å²) in [5.41, 5.74) is 7.83. The minimum absolute atomic E-state index is 0.0501. The summed E-state index contributed by atoms with van der Waals surface area (Å²) in [4.78, 5) is 23.9. The molecule has 0 fully saturated rings. The van der Waals surface area contributed by atoms with Crippen LogP contribution in [0.1, 0.15) is 88.1 Å². The number of aryl methyl sites for hydroxylation is 3. The number of unbranched alkanes of at least 4 members (excludes halogenated alkanes) is 2. The molecule has 2 aromatic rings. The number of hydrogen-bond acceptors (Lipinski definition) is 7. The van der Waals surface area contributed by atoms with Crippen LogP contribution in [0.5, 0.6) is 0 Å². The van der Waals surface area contributed by atoms with E-state index in [0.717, 1.165) is 47.1 Å². The molecule has 0 amide bonds. The second-order valence-corrected chi connectivity index (χ2v) is 12.2. The standard InChI is InChI=1S/C42H56O7/c1-9-11-12-13-34-16-18-35(19-17-34)15-14-32(7)40(47-25-27-49-42(45)31(5)6)29-39(33(8)46-24-26-48-41(44)30(3)4)38-21-20-36(22-23-43)28-37(38)10-2/h16-21,28-29,43H,3,5,7,9-15,22-27H2,1-2,4,6,8H3/b39-33-,40-29+. The topological polar surface area (TPSA) is 91.3 Å². The third-order valence-corrected chi connectivity index (χ3v) is 7.96. The first kappa shape index (κ1) is 40.8. The number of aliphatic hydroxyl groups is 1. The van der Waals surface area contributed by atoms with E-state index in [1.807, 2.05) is 25.1 Å². The van der Waals surface area contributed by atoms with Gasteiger partial charge < -0.3 is 24.1 Å². The van der Waals surface area contributed by atoms with Crippen molar-refractivity contribution in [3.63, 3.8) is 0 Å². The Hall–Kier alpha value is -4.36. The number of rotatable bonds is 23. The van der Waals surface area contributed by atoms with Gasteiger partial charge in [0.1, 0.15) is 37.9 Å². The van der Waals surface area contributed by atoms with Gasteiger partial charge in [0.25, 0.3) is 0 Å². The molecular weight excluding hydrogens is 616 g/mol. The molecule has 0 aliphatic rings. The van der Waals surface area contributed by atoms with Crippen molar-refractivity contribution in [2.75, 3.05) is 33.0 Å². The fourth-order valence-electron chi connectivity index (χ4n) is 5.04. The van der Waals surface area contributed by atoms with E-state index in [-0.39, 0.29) is 33.0 Å². The molecule has 0 aliphatic carbocycles. The maximum absolute atomic E-state index is 12.0. The van der Waals surface area contributed by atoms with Crippen LogP contribution in [0.3, 0.4) is 0 Å². The number of benzene rings is 2. The highest BCUT2D eigenvalue weighted by Gasteiger charge is 2.16. The highest BCUT2D eigenvalue weighted by atomic mass is 16.6. The fraction of sp³-hybridized carbons (Fsp3) is 0.429. The SMILES string of the molecule is C=C(C)C(=O)OCCO/C(C)=C(/C=C(/OCCOC(=O)C(=C)C)C(=C)CCc1ccc(CCCCC)cc1)c1ccc(CCO)cc1CC. The number of ether oxygens (including phenoxy) is 4. The molecule has 1 N–H and O–H groups in total. The molecular formula is C42H56O7. The molecule has 0 heterocycles. The molecule has 0 unspecified atom stereocenters. The van der Waals surface area contributed by atoms with Crippen LogP contribution in [0.2, 0.25) is 0 Å². The van der Waals surface area contributed by atoms with E-state index >= 15 is 0 Å². The van der Waals surface area contributed by atoms with Gasteiger partial charge in [-0.1, -0.05) is 88.9 Å². The quantitative estimate of drug-likeness (QED) is 0.0416. The van der Waals surface area contributed by atoms with Gasteiger partial charge in [-0.2, -0.15) is 0 Å². The molecule has 266 valence electrons. The van der Waals surface area contributed by atoms with E-state index < -0.39 is 11.9 Å². The van der Waals surface area contributed by atoms with E-state index in [1.165, 1.54) is 30.4 Å². The summed E-state index contributed by atoms with van der Waals surface area (Å²) in [5, 5.41) is 9.54. The number of hydrogen-bond donors (Lipinski definition) is 1. The van der Waals surface area contributed by atoms with Crippen molar-refractivity contribution in [2.45, 2.75) is 86.0 Å². The molecule has 7 nitrogen and oxygen atoms in total. The zero-order valence-electron chi connectivity index (χ0n) is 30.3. The van der Waals surface area contributed by atoms with Gasteiger partial charge in [0, 0.05) is 23.3 Å². The summed E-state index contributed by atoms with van der Waals surface area (Å²) in [6.07, 6.45) is 9.38. The van der Waals surface area contributed by atoms with Crippen molar-refractivity contribution in [1.82, 2.24) is 0 Å². The van der Waals surface area contributed by atoms with Crippen LogP contribution < -0.4 is 0 Å². The normalized spacial score (nSPS) is 11.8. The smallest absolute Gasteiger partial charge is 0.333 e. The number of carbonyl (C=O) groups excluding carboxylic acids is 2. The largest absolute Gasteiger partial charge is 0.494 e. The lowest BCUT2D eigenvalue weighted by Crippen LogP contribution is -2.12. The first-order valence-corrected chi connectivity index (χ1v) is 17.3. The molecule has 2 rings (SSSR count). The molecule has 2 aromatic carbocycles.